The van der Waals surface area contributed by atoms with Gasteiger partial charge >= 0.3 is 0 Å². The molecule has 0 atom stereocenters. The van der Waals surface area contributed by atoms with E-state index in [1.165, 1.54) is 70.6 Å². The minimum absolute atomic E-state index is 0.903. The topological polar surface area (TPSA) is 26.3 Å². The standard InChI is InChI=1S/C46H26O2/c1-2-12-29-27(11-1)22-24-40-45(29)46-33-15-4-3-13-30(33)38(26-42(46)48-40)44-36-18-7-5-16-34(36)43(35-17-6-8-19-37(35)44)28-21-23-32-31-14-9-10-20-39(31)47-41(32)25-28/h1-26H. The summed E-state index contributed by atoms with van der Waals surface area (Å²) in [4.78, 5) is 0. The van der Waals surface area contributed by atoms with Crippen molar-refractivity contribution >= 4 is 87.0 Å². The van der Waals surface area contributed by atoms with Crippen molar-refractivity contribution in [1.82, 2.24) is 0 Å². The number of para-hydroxylation sites is 1. The maximum absolute atomic E-state index is 6.70. The molecule has 0 aliphatic rings. The molecule has 0 fully saturated rings. The van der Waals surface area contributed by atoms with Crippen molar-refractivity contribution in [2.75, 3.05) is 0 Å². The van der Waals surface area contributed by atoms with Crippen LogP contribution in [0.15, 0.2) is 167 Å². The molecule has 0 unspecified atom stereocenters. The van der Waals surface area contributed by atoms with E-state index in [-0.39, 0.29) is 0 Å². The molecule has 2 aromatic heterocycles. The normalized spacial score (nSPS) is 12.2. The van der Waals surface area contributed by atoms with Gasteiger partial charge in [0.1, 0.15) is 22.3 Å². The van der Waals surface area contributed by atoms with Crippen LogP contribution in [0.4, 0.5) is 0 Å². The van der Waals surface area contributed by atoms with Crippen molar-refractivity contribution in [3.05, 3.63) is 158 Å². The van der Waals surface area contributed by atoms with Crippen molar-refractivity contribution in [3.8, 4) is 22.3 Å². The molecule has 0 aliphatic carbocycles. The Bertz CT molecular complexity index is 3060. The number of furan rings is 2. The molecule has 0 amide bonds. The second-order valence-corrected chi connectivity index (χ2v) is 12.8. The van der Waals surface area contributed by atoms with Crippen LogP contribution in [0.5, 0.6) is 0 Å². The molecule has 0 radical (unpaired) electrons. The van der Waals surface area contributed by atoms with E-state index in [0.717, 1.165) is 38.7 Å². The first-order chi connectivity index (χ1) is 23.8. The summed E-state index contributed by atoms with van der Waals surface area (Å²) in [6.07, 6.45) is 0. The molecule has 9 aromatic carbocycles. The Kier molecular flexibility index (Phi) is 5.14. The van der Waals surface area contributed by atoms with Crippen molar-refractivity contribution in [2.45, 2.75) is 0 Å². The fraction of sp³-hybridized carbons (Fsp3) is 0. The third-order valence-corrected chi connectivity index (χ3v) is 10.2. The highest BCUT2D eigenvalue weighted by Gasteiger charge is 2.22. The molecule has 2 nitrogen and oxygen atoms in total. The lowest BCUT2D eigenvalue weighted by atomic mass is 9.84. The highest BCUT2D eigenvalue weighted by atomic mass is 16.3. The SMILES string of the molecule is c1ccc2c(c1)ccc1oc3cc(-c4c5ccccc5c(-c5ccc6c(c5)oc5ccccc56)c5ccccc45)c4ccccc4c3c12. The third kappa shape index (κ3) is 3.46. The second kappa shape index (κ2) is 9.57. The molecule has 0 saturated heterocycles. The molecule has 2 heteroatoms. The maximum Gasteiger partial charge on any atom is 0.136 e. The molecule has 0 spiro atoms. The second-order valence-electron chi connectivity index (χ2n) is 12.8. The van der Waals surface area contributed by atoms with Crippen LogP contribution in [0.25, 0.3) is 109 Å². The van der Waals surface area contributed by atoms with Crippen molar-refractivity contribution in [1.29, 1.82) is 0 Å². The molecule has 0 N–H and O–H groups in total. The summed E-state index contributed by atoms with van der Waals surface area (Å²) < 4.78 is 13.1. The van der Waals surface area contributed by atoms with E-state index in [9.17, 15) is 0 Å². The highest BCUT2D eigenvalue weighted by molar-refractivity contribution is 6.31. The van der Waals surface area contributed by atoms with Crippen LogP contribution >= 0.6 is 0 Å². The number of fused-ring (bicyclic) bond motifs is 12. The van der Waals surface area contributed by atoms with Crippen molar-refractivity contribution in [3.63, 3.8) is 0 Å². The minimum Gasteiger partial charge on any atom is -0.456 e. The van der Waals surface area contributed by atoms with Crippen LogP contribution in [-0.2, 0) is 0 Å². The average Bonchev–Trinajstić information content (AvgIpc) is 3.72. The summed E-state index contributed by atoms with van der Waals surface area (Å²) in [7, 11) is 0. The Morgan fingerprint density at radius 1 is 0.292 bits per heavy atom. The zero-order chi connectivity index (χ0) is 31.3. The van der Waals surface area contributed by atoms with Gasteiger partial charge < -0.3 is 8.83 Å². The van der Waals surface area contributed by atoms with Gasteiger partial charge in [-0.25, -0.2) is 0 Å². The lowest BCUT2D eigenvalue weighted by Gasteiger charge is -2.19. The summed E-state index contributed by atoms with van der Waals surface area (Å²) in [5, 5.41) is 14.3. The Hall–Kier alpha value is -6.38. The van der Waals surface area contributed by atoms with Gasteiger partial charge in [-0.05, 0) is 95.7 Å². The Balaban J connectivity index is 1.26. The Labute approximate surface area is 275 Å². The van der Waals surface area contributed by atoms with Crippen LogP contribution in [0.3, 0.4) is 0 Å². The predicted molar refractivity (Wildman–Crippen MR) is 202 cm³/mol. The van der Waals surface area contributed by atoms with Crippen LogP contribution in [0.2, 0.25) is 0 Å². The first kappa shape index (κ1) is 25.8. The fourth-order valence-corrected chi connectivity index (χ4v) is 8.22. The lowest BCUT2D eigenvalue weighted by molar-refractivity contribution is 0.669. The zero-order valence-electron chi connectivity index (χ0n) is 25.8. The van der Waals surface area contributed by atoms with Gasteiger partial charge in [0.25, 0.3) is 0 Å². The molecule has 0 bridgehead atoms. The molecule has 2 heterocycles. The fourth-order valence-electron chi connectivity index (χ4n) is 8.22. The lowest BCUT2D eigenvalue weighted by Crippen LogP contribution is -1.92. The van der Waals surface area contributed by atoms with E-state index >= 15 is 0 Å². The molecular weight excluding hydrogens is 585 g/mol. The van der Waals surface area contributed by atoms with Gasteiger partial charge in [-0.15, -0.1) is 0 Å². The van der Waals surface area contributed by atoms with Gasteiger partial charge in [-0.3, -0.25) is 0 Å². The maximum atomic E-state index is 6.70. The van der Waals surface area contributed by atoms with Gasteiger partial charge in [-0.1, -0.05) is 127 Å². The van der Waals surface area contributed by atoms with Crippen LogP contribution in [-0.4, -0.2) is 0 Å². The molecule has 11 rings (SSSR count). The Morgan fingerprint density at radius 2 is 0.833 bits per heavy atom. The van der Waals surface area contributed by atoms with Crippen LogP contribution < -0.4 is 0 Å². The van der Waals surface area contributed by atoms with Crippen LogP contribution in [0, 0.1) is 0 Å². The number of rotatable bonds is 2. The summed E-state index contributed by atoms with van der Waals surface area (Å²) in [5.41, 5.74) is 8.39. The largest absolute Gasteiger partial charge is 0.456 e. The van der Waals surface area contributed by atoms with E-state index in [1.54, 1.807) is 0 Å². The summed E-state index contributed by atoms with van der Waals surface area (Å²) in [5.74, 6) is 0. The van der Waals surface area contributed by atoms with Gasteiger partial charge in [0.2, 0.25) is 0 Å². The van der Waals surface area contributed by atoms with E-state index in [4.69, 9.17) is 8.83 Å². The number of hydrogen-bond donors (Lipinski definition) is 0. The quantitative estimate of drug-likeness (QED) is 0.182. The van der Waals surface area contributed by atoms with Crippen molar-refractivity contribution in [2.24, 2.45) is 0 Å². The zero-order valence-corrected chi connectivity index (χ0v) is 25.8. The first-order valence-electron chi connectivity index (χ1n) is 16.4. The molecule has 48 heavy (non-hydrogen) atoms. The average molecular weight is 611 g/mol. The third-order valence-electron chi connectivity index (χ3n) is 10.2. The monoisotopic (exact) mass is 610 g/mol. The highest BCUT2D eigenvalue weighted by Crippen LogP contribution is 2.48. The van der Waals surface area contributed by atoms with Gasteiger partial charge in [0, 0.05) is 21.5 Å². The summed E-state index contributed by atoms with van der Waals surface area (Å²) in [6.45, 7) is 0. The summed E-state index contributed by atoms with van der Waals surface area (Å²) in [6, 6.07) is 56.6. The summed E-state index contributed by atoms with van der Waals surface area (Å²) >= 11 is 0. The van der Waals surface area contributed by atoms with E-state index in [1.807, 2.05) is 12.1 Å². The smallest absolute Gasteiger partial charge is 0.136 e. The molecule has 0 saturated carbocycles. The van der Waals surface area contributed by atoms with Gasteiger partial charge in [0.15, 0.2) is 0 Å². The molecular formula is C46H26O2. The van der Waals surface area contributed by atoms with Gasteiger partial charge in [-0.2, -0.15) is 0 Å². The van der Waals surface area contributed by atoms with E-state index in [0.29, 0.717) is 0 Å². The Morgan fingerprint density at radius 3 is 1.58 bits per heavy atom. The van der Waals surface area contributed by atoms with Gasteiger partial charge in [0.05, 0.1) is 0 Å². The molecule has 0 aliphatic heterocycles. The predicted octanol–water partition coefficient (Wildman–Crippen LogP) is 13.4. The first-order valence-corrected chi connectivity index (χ1v) is 16.4. The number of benzene rings is 9. The van der Waals surface area contributed by atoms with E-state index < -0.39 is 0 Å². The minimum atomic E-state index is 0.903. The van der Waals surface area contributed by atoms with Crippen LogP contribution in [0.1, 0.15) is 0 Å². The number of hydrogen-bond acceptors (Lipinski definition) is 2. The molecule has 11 aromatic rings. The van der Waals surface area contributed by atoms with E-state index in [2.05, 4.69) is 146 Å². The molecule has 222 valence electrons. The van der Waals surface area contributed by atoms with Crippen molar-refractivity contribution < 1.29 is 8.83 Å².